The third kappa shape index (κ3) is 5.89. The molecule has 0 aliphatic rings. The monoisotopic (exact) mass is 347 g/mol. The second-order valence-corrected chi connectivity index (χ2v) is 6.20. The fourth-order valence-corrected chi connectivity index (χ4v) is 2.95. The van der Waals surface area contributed by atoms with Crippen LogP contribution < -0.4 is 5.32 Å². The number of carboxylic acids is 1. The van der Waals surface area contributed by atoms with Crippen molar-refractivity contribution in [3.05, 3.63) is 33.5 Å². The van der Waals surface area contributed by atoms with E-state index in [2.05, 4.69) is 27.8 Å². The van der Waals surface area contributed by atoms with E-state index in [4.69, 9.17) is 9.84 Å². The Labute approximate surface area is 123 Å². The van der Waals surface area contributed by atoms with Gasteiger partial charge in [-0.3, -0.25) is 4.79 Å². The highest BCUT2D eigenvalue weighted by Gasteiger charge is 2.18. The predicted octanol–water partition coefficient (Wildman–Crippen LogP) is 2.98. The molecule has 0 bridgehead atoms. The van der Waals surface area contributed by atoms with Gasteiger partial charge in [0.1, 0.15) is 6.61 Å². The van der Waals surface area contributed by atoms with Crippen LogP contribution in [0.3, 0.4) is 0 Å². The summed E-state index contributed by atoms with van der Waals surface area (Å²) in [7, 11) is 0. The number of alkyl carbamates (subject to hydrolysis) is 1. The maximum atomic E-state index is 11.3. The van der Waals surface area contributed by atoms with Crippen LogP contribution in [0.2, 0.25) is 0 Å². The molecule has 2 N–H and O–H groups in total. The first kappa shape index (κ1) is 15.7. The van der Waals surface area contributed by atoms with E-state index in [1.54, 1.807) is 0 Å². The van der Waals surface area contributed by atoms with Gasteiger partial charge in [-0.05, 0) is 28.1 Å². The molecule has 1 amide bonds. The van der Waals surface area contributed by atoms with Crippen LogP contribution in [0.4, 0.5) is 4.79 Å². The largest absolute Gasteiger partial charge is 0.481 e. The molecule has 0 aliphatic carbocycles. The van der Waals surface area contributed by atoms with Crippen LogP contribution >= 0.6 is 27.3 Å². The molecule has 0 aliphatic heterocycles. The molecule has 0 aromatic carbocycles. The Balaban J connectivity index is 2.57. The zero-order chi connectivity index (χ0) is 14.3. The van der Waals surface area contributed by atoms with Gasteiger partial charge in [0.25, 0.3) is 0 Å². The van der Waals surface area contributed by atoms with Crippen LogP contribution in [-0.4, -0.2) is 30.3 Å². The minimum atomic E-state index is -0.907. The summed E-state index contributed by atoms with van der Waals surface area (Å²) in [5.41, 5.74) is 0. The third-order valence-electron chi connectivity index (χ3n) is 2.24. The molecule has 1 unspecified atom stereocenters. The number of ether oxygens (including phenoxy) is 1. The fraction of sp³-hybridized carbons (Fsp3) is 0.333. The number of thiophene rings is 1. The number of rotatable bonds is 7. The van der Waals surface area contributed by atoms with Gasteiger partial charge in [0, 0.05) is 17.3 Å². The Kier molecular flexibility index (Phi) is 6.58. The smallest absolute Gasteiger partial charge is 0.407 e. The van der Waals surface area contributed by atoms with Crippen LogP contribution in [0.15, 0.2) is 28.6 Å². The van der Waals surface area contributed by atoms with Crippen molar-refractivity contribution in [1.82, 2.24) is 5.32 Å². The molecule has 1 heterocycles. The Morgan fingerprint density at radius 3 is 2.84 bits per heavy atom. The minimum absolute atomic E-state index is 0.0469. The van der Waals surface area contributed by atoms with Crippen LogP contribution in [0.5, 0.6) is 0 Å². The number of hydrogen-bond acceptors (Lipinski definition) is 4. The number of amides is 1. The molecule has 19 heavy (non-hydrogen) atoms. The molecule has 0 fully saturated rings. The van der Waals surface area contributed by atoms with Crippen molar-refractivity contribution in [2.75, 3.05) is 13.2 Å². The number of carbonyl (C=O) groups excluding carboxylic acids is 1. The number of aliphatic carboxylic acids is 1. The van der Waals surface area contributed by atoms with Crippen LogP contribution in [0, 0.1) is 0 Å². The number of halogens is 1. The molecule has 7 heteroatoms. The summed E-state index contributed by atoms with van der Waals surface area (Å²) in [5.74, 6) is -1.18. The van der Waals surface area contributed by atoms with E-state index in [9.17, 15) is 9.59 Å². The topological polar surface area (TPSA) is 75.6 Å². The summed E-state index contributed by atoms with van der Waals surface area (Å²) >= 11 is 4.78. The molecule has 0 spiro atoms. The lowest BCUT2D eigenvalue weighted by Gasteiger charge is -2.14. The van der Waals surface area contributed by atoms with E-state index in [-0.39, 0.29) is 25.5 Å². The zero-order valence-corrected chi connectivity index (χ0v) is 12.5. The summed E-state index contributed by atoms with van der Waals surface area (Å²) in [6, 6.07) is 3.70. The highest BCUT2D eigenvalue weighted by Crippen LogP contribution is 2.30. The SMILES string of the molecule is C=CCOC(=O)NCC(CC(=O)O)c1ccc(Br)s1. The second-order valence-electron chi connectivity index (χ2n) is 3.70. The minimum Gasteiger partial charge on any atom is -0.481 e. The first-order valence-corrected chi connectivity index (χ1v) is 7.12. The lowest BCUT2D eigenvalue weighted by Crippen LogP contribution is -2.29. The molecule has 0 saturated carbocycles. The summed E-state index contributed by atoms with van der Waals surface area (Å²) in [4.78, 5) is 23.0. The summed E-state index contributed by atoms with van der Waals surface area (Å²) in [6.45, 7) is 3.77. The molecular formula is C12H14BrNO4S. The van der Waals surface area contributed by atoms with Gasteiger partial charge >= 0.3 is 12.1 Å². The van der Waals surface area contributed by atoms with E-state index in [1.165, 1.54) is 17.4 Å². The fourth-order valence-electron chi connectivity index (χ4n) is 1.42. The van der Waals surface area contributed by atoms with Gasteiger partial charge in [-0.25, -0.2) is 4.79 Å². The van der Waals surface area contributed by atoms with Crippen LogP contribution in [-0.2, 0) is 9.53 Å². The number of hydrogen-bond donors (Lipinski definition) is 2. The van der Waals surface area contributed by atoms with E-state index in [1.807, 2.05) is 12.1 Å². The van der Waals surface area contributed by atoms with E-state index < -0.39 is 12.1 Å². The van der Waals surface area contributed by atoms with Crippen LogP contribution in [0.25, 0.3) is 0 Å². The molecule has 1 aromatic rings. The van der Waals surface area contributed by atoms with Crippen molar-refractivity contribution in [1.29, 1.82) is 0 Å². The van der Waals surface area contributed by atoms with Gasteiger partial charge in [-0.1, -0.05) is 12.7 Å². The Bertz CT molecular complexity index is 460. The maximum absolute atomic E-state index is 11.3. The number of carbonyl (C=O) groups is 2. The lowest BCUT2D eigenvalue weighted by atomic mass is 10.0. The number of carboxylic acid groups (broad SMARTS) is 1. The Hall–Kier alpha value is -1.34. The van der Waals surface area contributed by atoms with Gasteiger partial charge in [0.05, 0.1) is 10.2 Å². The molecule has 1 atom stereocenters. The van der Waals surface area contributed by atoms with Crippen molar-refractivity contribution in [2.24, 2.45) is 0 Å². The molecule has 104 valence electrons. The standard InChI is InChI=1S/C12H14BrNO4S/c1-2-5-18-12(17)14-7-8(6-11(15)16)9-3-4-10(13)19-9/h2-4,8H,1,5-7H2,(H,14,17)(H,15,16). The molecule has 5 nitrogen and oxygen atoms in total. The molecule has 1 rings (SSSR count). The Morgan fingerprint density at radius 1 is 1.58 bits per heavy atom. The van der Waals surface area contributed by atoms with Crippen molar-refractivity contribution in [2.45, 2.75) is 12.3 Å². The second kappa shape index (κ2) is 7.96. The van der Waals surface area contributed by atoms with Crippen molar-refractivity contribution >= 4 is 39.3 Å². The van der Waals surface area contributed by atoms with Crippen molar-refractivity contribution < 1.29 is 19.4 Å². The van der Waals surface area contributed by atoms with Gasteiger partial charge in [-0.15, -0.1) is 11.3 Å². The van der Waals surface area contributed by atoms with E-state index >= 15 is 0 Å². The summed E-state index contributed by atoms with van der Waals surface area (Å²) in [5, 5.41) is 11.4. The van der Waals surface area contributed by atoms with E-state index in [0.717, 1.165) is 8.66 Å². The zero-order valence-electron chi connectivity index (χ0n) is 10.1. The lowest BCUT2D eigenvalue weighted by molar-refractivity contribution is -0.137. The summed E-state index contributed by atoms with van der Waals surface area (Å²) in [6.07, 6.45) is 0.838. The quantitative estimate of drug-likeness (QED) is 0.743. The molecular weight excluding hydrogens is 334 g/mol. The average molecular weight is 348 g/mol. The van der Waals surface area contributed by atoms with Gasteiger partial charge < -0.3 is 15.2 Å². The highest BCUT2D eigenvalue weighted by atomic mass is 79.9. The maximum Gasteiger partial charge on any atom is 0.407 e. The molecule has 1 aromatic heterocycles. The predicted molar refractivity (Wildman–Crippen MR) is 76.6 cm³/mol. The molecule has 0 saturated heterocycles. The highest BCUT2D eigenvalue weighted by molar-refractivity contribution is 9.11. The first-order valence-electron chi connectivity index (χ1n) is 5.51. The Morgan fingerprint density at radius 2 is 2.32 bits per heavy atom. The van der Waals surface area contributed by atoms with Gasteiger partial charge in [-0.2, -0.15) is 0 Å². The average Bonchev–Trinajstić information content (AvgIpc) is 2.78. The summed E-state index contributed by atoms with van der Waals surface area (Å²) < 4.78 is 5.69. The van der Waals surface area contributed by atoms with Gasteiger partial charge in [0.2, 0.25) is 0 Å². The van der Waals surface area contributed by atoms with E-state index in [0.29, 0.717) is 0 Å². The third-order valence-corrected chi connectivity index (χ3v) is 4.03. The van der Waals surface area contributed by atoms with Crippen LogP contribution in [0.1, 0.15) is 17.2 Å². The molecule has 0 radical (unpaired) electrons. The van der Waals surface area contributed by atoms with Gasteiger partial charge in [0.15, 0.2) is 0 Å². The normalized spacial score (nSPS) is 11.6. The first-order chi connectivity index (χ1) is 9.02. The van der Waals surface area contributed by atoms with Crippen molar-refractivity contribution in [3.63, 3.8) is 0 Å². The van der Waals surface area contributed by atoms with Crippen molar-refractivity contribution in [3.8, 4) is 0 Å². The number of nitrogens with one attached hydrogen (secondary N) is 1.